The normalized spacial score (nSPS) is 22.0. The molecule has 2 aliphatic heterocycles. The van der Waals surface area contributed by atoms with E-state index in [-0.39, 0.29) is 5.92 Å². The van der Waals surface area contributed by atoms with E-state index in [4.69, 9.17) is 4.74 Å². The molecule has 0 saturated carbocycles. The monoisotopic (exact) mass is 324 g/mol. The van der Waals surface area contributed by atoms with Gasteiger partial charge in [-0.15, -0.1) is 0 Å². The molecule has 0 spiro atoms. The molecule has 1 amide bonds. The fraction of sp³-hybridized carbons (Fsp3) is 0.947. The average molecular weight is 325 g/mol. The van der Waals surface area contributed by atoms with E-state index in [1.807, 2.05) is 7.11 Å². The molecule has 0 unspecified atom stereocenters. The zero-order chi connectivity index (χ0) is 16.7. The van der Waals surface area contributed by atoms with Crippen LogP contribution in [0.3, 0.4) is 0 Å². The van der Waals surface area contributed by atoms with E-state index >= 15 is 0 Å². The van der Waals surface area contributed by atoms with Gasteiger partial charge in [0.25, 0.3) is 0 Å². The molecular weight excluding hydrogens is 288 g/mol. The first-order chi connectivity index (χ1) is 11.2. The van der Waals surface area contributed by atoms with Crippen molar-refractivity contribution in [1.82, 2.24) is 9.80 Å². The maximum absolute atomic E-state index is 12.7. The second-order valence-corrected chi connectivity index (χ2v) is 7.30. The number of piperidine rings is 2. The Bertz CT molecular complexity index is 339. The summed E-state index contributed by atoms with van der Waals surface area (Å²) in [6.45, 7) is 8.60. The highest BCUT2D eigenvalue weighted by molar-refractivity contribution is 5.78. The maximum atomic E-state index is 12.7. The minimum absolute atomic E-state index is 0.263. The Balaban J connectivity index is 1.78. The van der Waals surface area contributed by atoms with Crippen molar-refractivity contribution in [2.75, 3.05) is 33.3 Å². The second kappa shape index (κ2) is 9.63. The van der Waals surface area contributed by atoms with Crippen molar-refractivity contribution in [3.8, 4) is 0 Å². The van der Waals surface area contributed by atoms with Crippen LogP contribution < -0.4 is 0 Å². The maximum Gasteiger partial charge on any atom is 0.225 e. The molecule has 2 rings (SSSR count). The van der Waals surface area contributed by atoms with E-state index < -0.39 is 0 Å². The summed E-state index contributed by atoms with van der Waals surface area (Å²) in [4.78, 5) is 17.5. The summed E-state index contributed by atoms with van der Waals surface area (Å²) in [7, 11) is 1.83. The summed E-state index contributed by atoms with van der Waals surface area (Å²) in [5.74, 6) is 0.684. The van der Waals surface area contributed by atoms with Gasteiger partial charge in [-0.1, -0.05) is 26.7 Å². The van der Waals surface area contributed by atoms with Gasteiger partial charge in [0, 0.05) is 45.2 Å². The number of amides is 1. The lowest BCUT2D eigenvalue weighted by Crippen LogP contribution is -2.50. The highest BCUT2D eigenvalue weighted by Crippen LogP contribution is 2.24. The highest BCUT2D eigenvalue weighted by Gasteiger charge is 2.31. The lowest BCUT2D eigenvalue weighted by atomic mass is 9.94. The standard InChI is InChI=1S/C19H36N2O2/c1-4-6-16(7-5-2)19(22)21-12-8-17(9-13-21)20-14-10-18(23-3)11-15-20/h16-18H,4-15H2,1-3H3. The van der Waals surface area contributed by atoms with Gasteiger partial charge in [-0.3, -0.25) is 4.79 Å². The number of nitrogens with zero attached hydrogens (tertiary/aromatic N) is 2. The Morgan fingerprint density at radius 1 is 1.00 bits per heavy atom. The number of carbonyl (C=O) groups is 1. The molecule has 0 aromatic heterocycles. The van der Waals surface area contributed by atoms with Crippen LogP contribution in [-0.4, -0.2) is 61.1 Å². The van der Waals surface area contributed by atoms with Gasteiger partial charge in [0.1, 0.15) is 0 Å². The van der Waals surface area contributed by atoms with Crippen LogP contribution in [0.2, 0.25) is 0 Å². The van der Waals surface area contributed by atoms with Gasteiger partial charge >= 0.3 is 0 Å². The molecule has 2 heterocycles. The van der Waals surface area contributed by atoms with Crippen LogP contribution in [0, 0.1) is 5.92 Å². The summed E-state index contributed by atoms with van der Waals surface area (Å²) in [6, 6.07) is 0.674. The number of likely N-dealkylation sites (tertiary alicyclic amines) is 2. The van der Waals surface area contributed by atoms with Crippen LogP contribution in [0.1, 0.15) is 65.2 Å². The summed E-state index contributed by atoms with van der Waals surface area (Å²) < 4.78 is 5.47. The lowest BCUT2D eigenvalue weighted by Gasteiger charge is -2.42. The number of carbonyl (C=O) groups excluding carboxylic acids is 1. The fourth-order valence-electron chi connectivity index (χ4n) is 4.27. The topological polar surface area (TPSA) is 32.8 Å². The van der Waals surface area contributed by atoms with E-state index in [0.717, 1.165) is 77.5 Å². The molecule has 23 heavy (non-hydrogen) atoms. The quantitative estimate of drug-likeness (QED) is 0.720. The number of ether oxygens (including phenoxy) is 1. The van der Waals surface area contributed by atoms with Gasteiger partial charge in [0.2, 0.25) is 5.91 Å². The van der Waals surface area contributed by atoms with E-state index in [1.165, 1.54) is 0 Å². The molecule has 2 aliphatic rings. The Morgan fingerprint density at radius 2 is 1.57 bits per heavy atom. The fourth-order valence-corrected chi connectivity index (χ4v) is 4.27. The third-order valence-electron chi connectivity index (χ3n) is 5.73. The third-order valence-corrected chi connectivity index (χ3v) is 5.73. The van der Waals surface area contributed by atoms with Crippen LogP contribution in [0.15, 0.2) is 0 Å². The molecule has 0 aliphatic carbocycles. The molecule has 2 saturated heterocycles. The predicted molar refractivity (Wildman–Crippen MR) is 94.5 cm³/mol. The largest absolute Gasteiger partial charge is 0.381 e. The van der Waals surface area contributed by atoms with Crippen LogP contribution in [0.5, 0.6) is 0 Å². The molecule has 0 bridgehead atoms. The minimum atomic E-state index is 0.263. The van der Waals surface area contributed by atoms with Crippen LogP contribution in [-0.2, 0) is 9.53 Å². The first kappa shape index (κ1) is 18.7. The molecule has 0 atom stereocenters. The Labute approximate surface area is 142 Å². The second-order valence-electron chi connectivity index (χ2n) is 7.30. The third kappa shape index (κ3) is 5.18. The number of rotatable bonds is 7. The van der Waals surface area contributed by atoms with E-state index in [2.05, 4.69) is 23.6 Å². The first-order valence-corrected chi connectivity index (χ1v) is 9.75. The Kier molecular flexibility index (Phi) is 7.84. The molecule has 134 valence electrons. The van der Waals surface area contributed by atoms with E-state index in [9.17, 15) is 4.79 Å². The number of hydrogen-bond acceptors (Lipinski definition) is 3. The van der Waals surface area contributed by atoms with E-state index in [0.29, 0.717) is 18.1 Å². The van der Waals surface area contributed by atoms with Crippen molar-refractivity contribution >= 4 is 5.91 Å². The zero-order valence-electron chi connectivity index (χ0n) is 15.4. The molecule has 4 heteroatoms. The van der Waals surface area contributed by atoms with E-state index in [1.54, 1.807) is 0 Å². The number of methoxy groups -OCH3 is 1. The number of hydrogen-bond donors (Lipinski definition) is 0. The molecular formula is C19H36N2O2. The average Bonchev–Trinajstić information content (AvgIpc) is 2.61. The Morgan fingerprint density at radius 3 is 2.04 bits per heavy atom. The van der Waals surface area contributed by atoms with Crippen LogP contribution in [0.25, 0.3) is 0 Å². The Hall–Kier alpha value is -0.610. The molecule has 0 aromatic rings. The predicted octanol–water partition coefficient (Wildman–Crippen LogP) is 3.30. The van der Waals surface area contributed by atoms with Crippen molar-refractivity contribution in [3.63, 3.8) is 0 Å². The molecule has 4 nitrogen and oxygen atoms in total. The summed E-state index contributed by atoms with van der Waals surface area (Å²) in [5.41, 5.74) is 0. The summed E-state index contributed by atoms with van der Waals surface area (Å²) in [6.07, 6.45) is 9.39. The van der Waals surface area contributed by atoms with Crippen molar-refractivity contribution in [3.05, 3.63) is 0 Å². The molecule has 2 fully saturated rings. The summed E-state index contributed by atoms with van der Waals surface area (Å²) >= 11 is 0. The SMILES string of the molecule is CCCC(CCC)C(=O)N1CCC(N2CCC(OC)CC2)CC1. The molecule has 0 radical (unpaired) electrons. The minimum Gasteiger partial charge on any atom is -0.381 e. The van der Waals surface area contributed by atoms with Crippen molar-refractivity contribution in [2.45, 2.75) is 77.4 Å². The van der Waals surface area contributed by atoms with Crippen LogP contribution in [0.4, 0.5) is 0 Å². The van der Waals surface area contributed by atoms with Crippen molar-refractivity contribution < 1.29 is 9.53 Å². The molecule has 0 aromatic carbocycles. The lowest BCUT2D eigenvalue weighted by molar-refractivity contribution is -0.137. The molecule has 0 N–H and O–H groups in total. The van der Waals surface area contributed by atoms with Gasteiger partial charge in [0.05, 0.1) is 6.10 Å². The zero-order valence-corrected chi connectivity index (χ0v) is 15.4. The summed E-state index contributed by atoms with van der Waals surface area (Å²) in [5, 5.41) is 0. The first-order valence-electron chi connectivity index (χ1n) is 9.75. The van der Waals surface area contributed by atoms with Crippen molar-refractivity contribution in [1.29, 1.82) is 0 Å². The smallest absolute Gasteiger partial charge is 0.225 e. The van der Waals surface area contributed by atoms with Crippen molar-refractivity contribution in [2.24, 2.45) is 5.92 Å². The van der Waals surface area contributed by atoms with Gasteiger partial charge in [-0.05, 0) is 38.5 Å². The van der Waals surface area contributed by atoms with Gasteiger partial charge in [-0.2, -0.15) is 0 Å². The van der Waals surface area contributed by atoms with Gasteiger partial charge in [0.15, 0.2) is 0 Å². The van der Waals surface area contributed by atoms with Gasteiger partial charge < -0.3 is 14.5 Å². The van der Waals surface area contributed by atoms with Gasteiger partial charge in [-0.25, -0.2) is 0 Å². The highest BCUT2D eigenvalue weighted by atomic mass is 16.5. The van der Waals surface area contributed by atoms with Crippen LogP contribution >= 0.6 is 0 Å².